The Morgan fingerprint density at radius 3 is 2.83 bits per heavy atom. The maximum absolute atomic E-state index is 12.0. The summed E-state index contributed by atoms with van der Waals surface area (Å²) in [5.74, 6) is -0.179. The highest BCUT2D eigenvalue weighted by atomic mass is 35.5. The number of hydrogen-bond donors (Lipinski definition) is 1. The quantitative estimate of drug-likeness (QED) is 0.935. The monoisotopic (exact) mass is 280 g/mol. The minimum atomic E-state index is -0.494. The normalized spacial score (nSPS) is 11.3. The first-order valence-corrected chi connectivity index (χ1v) is 6.78. The molecule has 1 aromatic carbocycles. The smallest absolute Gasteiger partial charge is 0.271 e. The second-order valence-corrected chi connectivity index (χ2v) is 5.62. The van der Waals surface area contributed by atoms with Gasteiger partial charge in [-0.05, 0) is 31.5 Å². The first-order chi connectivity index (χ1) is 8.49. The van der Waals surface area contributed by atoms with E-state index in [1.807, 2.05) is 38.1 Å². The molecule has 0 aliphatic carbocycles. The van der Waals surface area contributed by atoms with E-state index < -0.39 is 5.54 Å². The third-order valence-corrected chi connectivity index (χ3v) is 3.46. The molecule has 0 aliphatic rings. The number of nitrogens with zero attached hydrogens (tertiary/aromatic N) is 1. The lowest BCUT2D eigenvalue weighted by Gasteiger charge is -2.26. The Labute approximate surface area is 115 Å². The average molecular weight is 281 g/mol. The molecular formula is C13H13ClN2OS. The van der Waals surface area contributed by atoms with Crippen molar-refractivity contribution in [2.24, 2.45) is 0 Å². The van der Waals surface area contributed by atoms with Crippen LogP contribution in [0.5, 0.6) is 0 Å². The van der Waals surface area contributed by atoms with Crippen molar-refractivity contribution in [3.8, 4) is 0 Å². The summed E-state index contributed by atoms with van der Waals surface area (Å²) in [7, 11) is 0. The van der Waals surface area contributed by atoms with Crippen molar-refractivity contribution in [1.82, 2.24) is 10.3 Å². The van der Waals surface area contributed by atoms with Crippen molar-refractivity contribution < 1.29 is 4.79 Å². The number of halogens is 1. The molecule has 0 bridgehead atoms. The van der Waals surface area contributed by atoms with E-state index in [2.05, 4.69) is 10.3 Å². The number of aromatic nitrogens is 1. The van der Waals surface area contributed by atoms with E-state index in [0.717, 1.165) is 5.56 Å². The maximum atomic E-state index is 12.0. The number of nitrogens with one attached hydrogen (secondary N) is 1. The fraction of sp³-hybridized carbons (Fsp3) is 0.231. The standard InChI is InChI=1S/C13H13ClN2OS/c1-13(2,9-4-3-5-10(14)6-9)16-12(17)11-7-18-8-15-11/h3-8H,1-2H3,(H,16,17). The summed E-state index contributed by atoms with van der Waals surface area (Å²) in [6.45, 7) is 3.87. The highest BCUT2D eigenvalue weighted by Crippen LogP contribution is 2.23. The predicted octanol–water partition coefficient (Wildman–Crippen LogP) is 3.46. The van der Waals surface area contributed by atoms with Gasteiger partial charge in [0, 0.05) is 10.4 Å². The summed E-state index contributed by atoms with van der Waals surface area (Å²) < 4.78 is 0. The molecule has 18 heavy (non-hydrogen) atoms. The molecule has 0 spiro atoms. The predicted molar refractivity (Wildman–Crippen MR) is 74.1 cm³/mol. The zero-order valence-corrected chi connectivity index (χ0v) is 11.7. The molecule has 0 atom stereocenters. The summed E-state index contributed by atoms with van der Waals surface area (Å²) in [5.41, 5.74) is 2.54. The van der Waals surface area contributed by atoms with Crippen molar-refractivity contribution >= 4 is 28.8 Å². The zero-order chi connectivity index (χ0) is 13.2. The number of amides is 1. The molecular weight excluding hydrogens is 268 g/mol. The number of thiazole rings is 1. The Balaban J connectivity index is 2.19. The van der Waals surface area contributed by atoms with Crippen molar-refractivity contribution in [1.29, 1.82) is 0 Å². The third-order valence-electron chi connectivity index (χ3n) is 2.64. The minimum absolute atomic E-state index is 0.179. The summed E-state index contributed by atoms with van der Waals surface area (Å²) in [6.07, 6.45) is 0. The molecule has 0 fully saturated rings. The molecule has 2 rings (SSSR count). The van der Waals surface area contributed by atoms with Crippen LogP contribution in [0.3, 0.4) is 0 Å². The van der Waals surface area contributed by atoms with Crippen LogP contribution in [0, 0.1) is 0 Å². The molecule has 5 heteroatoms. The Hall–Kier alpha value is -1.39. The highest BCUT2D eigenvalue weighted by molar-refractivity contribution is 7.07. The van der Waals surface area contributed by atoms with Crippen molar-refractivity contribution in [2.75, 3.05) is 0 Å². The van der Waals surface area contributed by atoms with Crippen molar-refractivity contribution in [3.05, 3.63) is 51.4 Å². The summed E-state index contributed by atoms with van der Waals surface area (Å²) in [4.78, 5) is 16.0. The lowest BCUT2D eigenvalue weighted by molar-refractivity contribution is 0.0907. The van der Waals surface area contributed by atoms with Crippen molar-refractivity contribution in [3.63, 3.8) is 0 Å². The Kier molecular flexibility index (Phi) is 3.68. The molecule has 0 unspecified atom stereocenters. The van der Waals surface area contributed by atoms with E-state index in [0.29, 0.717) is 10.7 Å². The first kappa shape index (κ1) is 13.1. The van der Waals surface area contributed by atoms with Crippen LogP contribution in [-0.4, -0.2) is 10.9 Å². The third kappa shape index (κ3) is 2.89. The zero-order valence-electron chi connectivity index (χ0n) is 10.1. The molecule has 1 N–H and O–H groups in total. The topological polar surface area (TPSA) is 42.0 Å². The molecule has 3 nitrogen and oxygen atoms in total. The molecule has 94 valence electrons. The lowest BCUT2D eigenvalue weighted by atomic mass is 9.94. The first-order valence-electron chi connectivity index (χ1n) is 5.46. The van der Waals surface area contributed by atoms with E-state index in [1.54, 1.807) is 10.9 Å². The van der Waals surface area contributed by atoms with Crippen LogP contribution in [0.4, 0.5) is 0 Å². The maximum Gasteiger partial charge on any atom is 0.271 e. The Bertz CT molecular complexity index is 552. The number of hydrogen-bond acceptors (Lipinski definition) is 3. The molecule has 2 aromatic rings. The van der Waals surface area contributed by atoms with Gasteiger partial charge in [0.15, 0.2) is 0 Å². The van der Waals surface area contributed by atoms with Gasteiger partial charge in [0.1, 0.15) is 5.69 Å². The lowest BCUT2D eigenvalue weighted by Crippen LogP contribution is -2.41. The fourth-order valence-corrected chi connectivity index (χ4v) is 2.34. The van der Waals surface area contributed by atoms with E-state index in [1.165, 1.54) is 11.3 Å². The number of rotatable bonds is 3. The van der Waals surface area contributed by atoms with E-state index in [-0.39, 0.29) is 5.91 Å². The Morgan fingerprint density at radius 2 is 2.22 bits per heavy atom. The van der Waals surface area contributed by atoms with Crippen LogP contribution < -0.4 is 5.32 Å². The van der Waals surface area contributed by atoms with Crippen molar-refractivity contribution in [2.45, 2.75) is 19.4 Å². The van der Waals surface area contributed by atoms with Gasteiger partial charge in [0.25, 0.3) is 5.91 Å². The second-order valence-electron chi connectivity index (χ2n) is 4.46. The van der Waals surface area contributed by atoms with Gasteiger partial charge in [-0.15, -0.1) is 11.3 Å². The number of carbonyl (C=O) groups excluding carboxylic acids is 1. The molecule has 0 radical (unpaired) electrons. The number of carbonyl (C=O) groups is 1. The SMILES string of the molecule is CC(C)(NC(=O)c1cscn1)c1cccc(Cl)c1. The van der Waals surface area contributed by atoms with Crippen LogP contribution in [0.15, 0.2) is 35.2 Å². The largest absolute Gasteiger partial charge is 0.342 e. The van der Waals surface area contributed by atoms with Crippen LogP contribution in [0.1, 0.15) is 29.9 Å². The molecule has 0 saturated carbocycles. The van der Waals surface area contributed by atoms with Crippen LogP contribution in [-0.2, 0) is 5.54 Å². The Morgan fingerprint density at radius 1 is 1.44 bits per heavy atom. The van der Waals surface area contributed by atoms with Gasteiger partial charge < -0.3 is 5.32 Å². The van der Waals surface area contributed by atoms with Gasteiger partial charge in [-0.2, -0.15) is 0 Å². The minimum Gasteiger partial charge on any atom is -0.342 e. The molecule has 0 saturated heterocycles. The summed E-state index contributed by atoms with van der Waals surface area (Å²) in [6, 6.07) is 7.47. The van der Waals surface area contributed by atoms with E-state index in [9.17, 15) is 4.79 Å². The van der Waals surface area contributed by atoms with Gasteiger partial charge in [-0.25, -0.2) is 4.98 Å². The molecule has 0 aliphatic heterocycles. The van der Waals surface area contributed by atoms with Crippen LogP contribution in [0.2, 0.25) is 5.02 Å². The number of benzene rings is 1. The molecule has 1 heterocycles. The second kappa shape index (κ2) is 5.08. The van der Waals surface area contributed by atoms with Gasteiger partial charge in [-0.1, -0.05) is 23.7 Å². The summed E-state index contributed by atoms with van der Waals surface area (Å²) >= 11 is 7.36. The van der Waals surface area contributed by atoms with E-state index in [4.69, 9.17) is 11.6 Å². The highest BCUT2D eigenvalue weighted by Gasteiger charge is 2.24. The molecule has 1 amide bonds. The summed E-state index contributed by atoms with van der Waals surface area (Å²) in [5, 5.41) is 5.33. The van der Waals surface area contributed by atoms with Crippen LogP contribution in [0.25, 0.3) is 0 Å². The van der Waals surface area contributed by atoms with Gasteiger partial charge in [0.2, 0.25) is 0 Å². The fourth-order valence-electron chi connectivity index (χ4n) is 1.62. The van der Waals surface area contributed by atoms with E-state index >= 15 is 0 Å². The van der Waals surface area contributed by atoms with Crippen LogP contribution >= 0.6 is 22.9 Å². The average Bonchev–Trinajstić information content (AvgIpc) is 2.82. The molecule has 1 aromatic heterocycles. The van der Waals surface area contributed by atoms with Gasteiger partial charge >= 0.3 is 0 Å². The van der Waals surface area contributed by atoms with Gasteiger partial charge in [-0.3, -0.25) is 4.79 Å². The van der Waals surface area contributed by atoms with Gasteiger partial charge in [0.05, 0.1) is 11.0 Å².